The molecule has 19 heavy (non-hydrogen) atoms. The van der Waals surface area contributed by atoms with Gasteiger partial charge in [-0.3, -0.25) is 14.8 Å². The fraction of sp³-hybridized carbons (Fsp3) is 0.667. The Labute approximate surface area is 112 Å². The van der Waals surface area contributed by atoms with E-state index in [9.17, 15) is 4.79 Å². The molecule has 1 saturated heterocycles. The van der Waals surface area contributed by atoms with Crippen LogP contribution in [-0.4, -0.2) is 72.3 Å². The van der Waals surface area contributed by atoms with Crippen LogP contribution in [0.1, 0.15) is 16.9 Å². The molecule has 0 unspecified atom stereocenters. The molecule has 0 radical (unpaired) electrons. The van der Waals surface area contributed by atoms with Crippen LogP contribution in [0.4, 0.5) is 5.69 Å². The summed E-state index contributed by atoms with van der Waals surface area (Å²) in [5, 5.41) is 6.46. The van der Waals surface area contributed by atoms with Crippen molar-refractivity contribution in [2.24, 2.45) is 0 Å². The minimum absolute atomic E-state index is 0.0661. The molecule has 0 aliphatic carbocycles. The molecular formula is C12H21N5O2. The number of anilines is 1. The minimum atomic E-state index is -0.0661. The summed E-state index contributed by atoms with van der Waals surface area (Å²) in [4.78, 5) is 16.4. The van der Waals surface area contributed by atoms with Gasteiger partial charge in [0.15, 0.2) is 0 Å². The van der Waals surface area contributed by atoms with Crippen LogP contribution in [0.25, 0.3) is 0 Å². The van der Waals surface area contributed by atoms with Crippen molar-refractivity contribution in [2.75, 3.05) is 52.2 Å². The lowest BCUT2D eigenvalue weighted by atomic mass is 10.3. The van der Waals surface area contributed by atoms with Gasteiger partial charge in [0.05, 0.1) is 18.5 Å². The van der Waals surface area contributed by atoms with E-state index >= 15 is 0 Å². The number of hydrogen-bond acceptors (Lipinski definition) is 5. The van der Waals surface area contributed by atoms with Crippen LogP contribution < -0.4 is 5.73 Å². The van der Waals surface area contributed by atoms with Crippen LogP contribution in [0.5, 0.6) is 0 Å². The minimum Gasteiger partial charge on any atom is -0.396 e. The third-order valence-electron chi connectivity index (χ3n) is 3.37. The van der Waals surface area contributed by atoms with E-state index < -0.39 is 0 Å². The van der Waals surface area contributed by atoms with Crippen LogP contribution in [-0.2, 0) is 4.74 Å². The maximum Gasteiger partial charge on any atom is 0.274 e. The van der Waals surface area contributed by atoms with Crippen molar-refractivity contribution in [3.05, 3.63) is 11.9 Å². The summed E-state index contributed by atoms with van der Waals surface area (Å²) in [6, 6.07) is 0. The number of aromatic amines is 1. The Morgan fingerprint density at radius 1 is 1.47 bits per heavy atom. The molecule has 0 bridgehead atoms. The number of hydrogen-bond donors (Lipinski definition) is 2. The average molecular weight is 267 g/mol. The first-order valence-corrected chi connectivity index (χ1v) is 6.51. The molecule has 0 aromatic carbocycles. The van der Waals surface area contributed by atoms with E-state index in [0.717, 1.165) is 39.2 Å². The van der Waals surface area contributed by atoms with Crippen molar-refractivity contribution in [1.29, 1.82) is 0 Å². The summed E-state index contributed by atoms with van der Waals surface area (Å²) in [7, 11) is 1.70. The number of nitrogens with one attached hydrogen (secondary N) is 1. The van der Waals surface area contributed by atoms with Crippen LogP contribution in [0.15, 0.2) is 6.20 Å². The van der Waals surface area contributed by atoms with Crippen molar-refractivity contribution < 1.29 is 9.53 Å². The first-order chi connectivity index (χ1) is 9.22. The topological polar surface area (TPSA) is 87.5 Å². The summed E-state index contributed by atoms with van der Waals surface area (Å²) in [6.07, 6.45) is 2.43. The van der Waals surface area contributed by atoms with Crippen LogP contribution >= 0.6 is 0 Å². The Morgan fingerprint density at radius 3 is 3.00 bits per heavy atom. The lowest BCUT2D eigenvalue weighted by molar-refractivity contribution is 0.0754. The monoisotopic (exact) mass is 267 g/mol. The van der Waals surface area contributed by atoms with Crippen LogP contribution in [0, 0.1) is 0 Å². The number of aromatic nitrogens is 2. The zero-order chi connectivity index (χ0) is 13.7. The Hall–Kier alpha value is -1.60. The molecule has 1 amide bonds. The van der Waals surface area contributed by atoms with Gasteiger partial charge in [-0.2, -0.15) is 5.10 Å². The van der Waals surface area contributed by atoms with E-state index in [-0.39, 0.29) is 5.91 Å². The van der Waals surface area contributed by atoms with Gasteiger partial charge in [0.2, 0.25) is 0 Å². The molecule has 0 saturated carbocycles. The van der Waals surface area contributed by atoms with Crippen molar-refractivity contribution in [2.45, 2.75) is 6.42 Å². The van der Waals surface area contributed by atoms with Crippen molar-refractivity contribution in [1.82, 2.24) is 20.0 Å². The first-order valence-electron chi connectivity index (χ1n) is 6.51. The Bertz CT molecular complexity index is 420. The zero-order valence-corrected chi connectivity index (χ0v) is 11.3. The number of amides is 1. The molecule has 3 N–H and O–H groups in total. The third kappa shape index (κ3) is 3.45. The first kappa shape index (κ1) is 13.8. The third-order valence-corrected chi connectivity index (χ3v) is 3.37. The van der Waals surface area contributed by atoms with Gasteiger partial charge in [-0.15, -0.1) is 0 Å². The molecule has 0 spiro atoms. The molecule has 0 atom stereocenters. The summed E-state index contributed by atoms with van der Waals surface area (Å²) in [5.74, 6) is -0.0661. The fourth-order valence-corrected chi connectivity index (χ4v) is 2.24. The van der Waals surface area contributed by atoms with E-state index in [1.807, 2.05) is 4.90 Å². The SMILES string of the molecule is COCCN1CCCN(C(=O)c2[nH]ncc2N)CC1. The molecule has 106 valence electrons. The standard InChI is InChI=1S/C12H21N5O2/c1-19-8-7-16-3-2-4-17(6-5-16)12(18)11-10(13)9-14-15-11/h9H,2-8,13H2,1H3,(H,14,15). The average Bonchev–Trinajstić information content (AvgIpc) is 2.71. The molecule has 1 aromatic rings. The number of nitrogens with two attached hydrogens (primary N) is 1. The normalized spacial score (nSPS) is 17.4. The number of rotatable bonds is 4. The molecule has 2 heterocycles. The quantitative estimate of drug-likeness (QED) is 0.788. The van der Waals surface area contributed by atoms with Gasteiger partial charge < -0.3 is 15.4 Å². The van der Waals surface area contributed by atoms with Gasteiger partial charge in [-0.25, -0.2) is 0 Å². The fourth-order valence-electron chi connectivity index (χ4n) is 2.24. The highest BCUT2D eigenvalue weighted by Crippen LogP contribution is 2.12. The second-order valence-corrected chi connectivity index (χ2v) is 4.68. The number of ether oxygens (including phenoxy) is 1. The summed E-state index contributed by atoms with van der Waals surface area (Å²) in [6.45, 7) is 4.95. The molecule has 1 aliphatic heterocycles. The van der Waals surface area contributed by atoms with Crippen LogP contribution in [0.2, 0.25) is 0 Å². The second-order valence-electron chi connectivity index (χ2n) is 4.68. The molecule has 7 nitrogen and oxygen atoms in total. The van der Waals surface area contributed by atoms with Crippen LogP contribution in [0.3, 0.4) is 0 Å². The van der Waals surface area contributed by atoms with E-state index in [2.05, 4.69) is 15.1 Å². The smallest absolute Gasteiger partial charge is 0.274 e. The molecule has 1 aromatic heterocycles. The van der Waals surface area contributed by atoms with Gasteiger partial charge in [0.1, 0.15) is 5.69 Å². The van der Waals surface area contributed by atoms with Gasteiger partial charge in [0, 0.05) is 33.3 Å². The lowest BCUT2D eigenvalue weighted by Gasteiger charge is -2.21. The Kier molecular flexibility index (Phi) is 4.75. The van der Waals surface area contributed by atoms with E-state index in [4.69, 9.17) is 10.5 Å². The molecule has 1 fully saturated rings. The Balaban J connectivity index is 1.92. The predicted octanol–water partition coefficient (Wildman–Crippen LogP) is -0.214. The summed E-state index contributed by atoms with van der Waals surface area (Å²) < 4.78 is 5.08. The van der Waals surface area contributed by atoms with E-state index in [0.29, 0.717) is 17.9 Å². The number of methoxy groups -OCH3 is 1. The lowest BCUT2D eigenvalue weighted by Crippen LogP contribution is -2.36. The number of H-pyrrole nitrogens is 1. The van der Waals surface area contributed by atoms with Gasteiger partial charge in [-0.1, -0.05) is 0 Å². The predicted molar refractivity (Wildman–Crippen MR) is 71.8 cm³/mol. The maximum absolute atomic E-state index is 12.3. The highest BCUT2D eigenvalue weighted by atomic mass is 16.5. The summed E-state index contributed by atoms with van der Waals surface area (Å²) in [5.41, 5.74) is 6.51. The zero-order valence-electron chi connectivity index (χ0n) is 11.3. The van der Waals surface area contributed by atoms with Crippen molar-refractivity contribution in [3.63, 3.8) is 0 Å². The summed E-state index contributed by atoms with van der Waals surface area (Å²) >= 11 is 0. The van der Waals surface area contributed by atoms with Gasteiger partial charge in [0.25, 0.3) is 5.91 Å². The molecule has 7 heteroatoms. The molecular weight excluding hydrogens is 246 g/mol. The maximum atomic E-state index is 12.3. The number of carbonyl (C=O) groups excluding carboxylic acids is 1. The number of nitrogen functional groups attached to an aromatic ring is 1. The van der Waals surface area contributed by atoms with E-state index in [1.165, 1.54) is 6.20 Å². The molecule has 2 rings (SSSR count). The highest BCUT2D eigenvalue weighted by molar-refractivity contribution is 5.97. The van der Waals surface area contributed by atoms with Gasteiger partial charge in [-0.05, 0) is 13.0 Å². The second kappa shape index (κ2) is 6.53. The largest absolute Gasteiger partial charge is 0.396 e. The van der Waals surface area contributed by atoms with Gasteiger partial charge >= 0.3 is 0 Å². The molecule has 1 aliphatic rings. The number of nitrogens with zero attached hydrogens (tertiary/aromatic N) is 3. The van der Waals surface area contributed by atoms with Crippen molar-refractivity contribution >= 4 is 11.6 Å². The Morgan fingerprint density at radius 2 is 2.32 bits per heavy atom. The van der Waals surface area contributed by atoms with Crippen molar-refractivity contribution in [3.8, 4) is 0 Å². The highest BCUT2D eigenvalue weighted by Gasteiger charge is 2.22. The number of carbonyl (C=O) groups is 1. The van der Waals surface area contributed by atoms with E-state index in [1.54, 1.807) is 7.11 Å².